The second-order valence-electron chi connectivity index (χ2n) is 3.53. The first-order valence-electron chi connectivity index (χ1n) is 4.91. The molecular formula is C12H16BrNO. The van der Waals surface area contributed by atoms with Gasteiger partial charge in [-0.2, -0.15) is 0 Å². The average Bonchev–Trinajstić information content (AvgIpc) is 2.18. The van der Waals surface area contributed by atoms with Gasteiger partial charge in [0.1, 0.15) is 12.4 Å². The minimum Gasteiger partial charge on any atom is -0.490 e. The summed E-state index contributed by atoms with van der Waals surface area (Å²) >= 11 is 3.50. The van der Waals surface area contributed by atoms with Crippen LogP contribution in [0.4, 0.5) is 0 Å². The third kappa shape index (κ3) is 4.06. The van der Waals surface area contributed by atoms with Crippen molar-refractivity contribution in [3.8, 4) is 5.75 Å². The van der Waals surface area contributed by atoms with Crippen LogP contribution in [0.15, 0.2) is 35.3 Å². The second kappa shape index (κ2) is 5.93. The summed E-state index contributed by atoms with van der Waals surface area (Å²) in [5.41, 5.74) is 6.94. The molecule has 0 bridgehead atoms. The monoisotopic (exact) mass is 269 g/mol. The Morgan fingerprint density at radius 3 is 2.93 bits per heavy atom. The molecule has 0 saturated heterocycles. The SMILES string of the molecule is C=CCOc1ccc(Br)c(CC(C)N)c1. The summed E-state index contributed by atoms with van der Waals surface area (Å²) in [5.74, 6) is 0.855. The van der Waals surface area contributed by atoms with E-state index in [0.29, 0.717) is 6.61 Å². The minimum atomic E-state index is 0.149. The van der Waals surface area contributed by atoms with Crippen molar-refractivity contribution in [1.82, 2.24) is 0 Å². The van der Waals surface area contributed by atoms with Gasteiger partial charge in [0.15, 0.2) is 0 Å². The van der Waals surface area contributed by atoms with Crippen LogP contribution in [0.3, 0.4) is 0 Å². The lowest BCUT2D eigenvalue weighted by atomic mass is 10.1. The third-order valence-electron chi connectivity index (χ3n) is 1.93. The molecule has 0 heterocycles. The van der Waals surface area contributed by atoms with Gasteiger partial charge in [-0.05, 0) is 37.1 Å². The quantitative estimate of drug-likeness (QED) is 0.835. The van der Waals surface area contributed by atoms with E-state index in [0.717, 1.165) is 16.6 Å². The molecule has 2 N–H and O–H groups in total. The lowest BCUT2D eigenvalue weighted by Crippen LogP contribution is -2.18. The van der Waals surface area contributed by atoms with Gasteiger partial charge in [-0.15, -0.1) is 0 Å². The van der Waals surface area contributed by atoms with Crippen LogP contribution in [0.25, 0.3) is 0 Å². The van der Waals surface area contributed by atoms with Gasteiger partial charge >= 0.3 is 0 Å². The molecule has 82 valence electrons. The molecule has 1 aromatic rings. The lowest BCUT2D eigenvalue weighted by molar-refractivity contribution is 0.362. The zero-order valence-electron chi connectivity index (χ0n) is 8.87. The summed E-state index contributed by atoms with van der Waals surface area (Å²) in [7, 11) is 0. The van der Waals surface area contributed by atoms with Crippen LogP contribution in [0.1, 0.15) is 12.5 Å². The highest BCUT2D eigenvalue weighted by Crippen LogP contribution is 2.23. The highest BCUT2D eigenvalue weighted by Gasteiger charge is 2.04. The van der Waals surface area contributed by atoms with E-state index in [1.165, 1.54) is 5.56 Å². The van der Waals surface area contributed by atoms with Crippen LogP contribution in [-0.4, -0.2) is 12.6 Å². The standard InChI is InChI=1S/C12H16BrNO/c1-3-6-15-11-4-5-12(13)10(8-11)7-9(2)14/h3-5,8-9H,1,6-7,14H2,2H3. The van der Waals surface area contributed by atoms with E-state index >= 15 is 0 Å². The Labute approximate surface area is 99.3 Å². The number of ether oxygens (including phenoxy) is 1. The molecule has 0 aliphatic rings. The molecule has 15 heavy (non-hydrogen) atoms. The normalized spacial score (nSPS) is 12.2. The first-order chi connectivity index (χ1) is 7.13. The predicted molar refractivity (Wildman–Crippen MR) is 67.2 cm³/mol. The van der Waals surface area contributed by atoms with Crippen molar-refractivity contribution in [2.45, 2.75) is 19.4 Å². The Morgan fingerprint density at radius 2 is 2.33 bits per heavy atom. The van der Waals surface area contributed by atoms with Gasteiger partial charge in [0.05, 0.1) is 0 Å². The van der Waals surface area contributed by atoms with Crippen LogP contribution in [-0.2, 0) is 6.42 Å². The Morgan fingerprint density at radius 1 is 1.60 bits per heavy atom. The highest BCUT2D eigenvalue weighted by atomic mass is 79.9. The van der Waals surface area contributed by atoms with E-state index in [2.05, 4.69) is 22.5 Å². The topological polar surface area (TPSA) is 35.2 Å². The minimum absolute atomic E-state index is 0.149. The van der Waals surface area contributed by atoms with Crippen molar-refractivity contribution >= 4 is 15.9 Å². The molecule has 0 spiro atoms. The van der Waals surface area contributed by atoms with Crippen LogP contribution in [0.2, 0.25) is 0 Å². The first kappa shape index (κ1) is 12.3. The van der Waals surface area contributed by atoms with Gasteiger partial charge in [-0.25, -0.2) is 0 Å². The number of hydrogen-bond donors (Lipinski definition) is 1. The van der Waals surface area contributed by atoms with Crippen LogP contribution in [0.5, 0.6) is 5.75 Å². The first-order valence-corrected chi connectivity index (χ1v) is 5.70. The fourth-order valence-electron chi connectivity index (χ4n) is 1.30. The number of rotatable bonds is 5. The average molecular weight is 270 g/mol. The maximum Gasteiger partial charge on any atom is 0.120 e. The lowest BCUT2D eigenvalue weighted by Gasteiger charge is -2.10. The maximum atomic E-state index is 5.77. The van der Waals surface area contributed by atoms with Crippen molar-refractivity contribution in [3.05, 3.63) is 40.9 Å². The smallest absolute Gasteiger partial charge is 0.120 e. The number of nitrogens with two attached hydrogens (primary N) is 1. The molecule has 0 aliphatic carbocycles. The summed E-state index contributed by atoms with van der Waals surface area (Å²) in [6, 6.07) is 6.07. The molecule has 0 saturated carbocycles. The largest absolute Gasteiger partial charge is 0.490 e. The summed E-state index contributed by atoms with van der Waals surface area (Å²) in [6.45, 7) is 6.13. The maximum absolute atomic E-state index is 5.77. The Hall–Kier alpha value is -0.800. The predicted octanol–water partition coefficient (Wildman–Crippen LogP) is 2.90. The Bertz CT molecular complexity index is 336. The van der Waals surface area contributed by atoms with E-state index in [9.17, 15) is 0 Å². The Kier molecular flexibility index (Phi) is 4.85. The van der Waals surface area contributed by atoms with Gasteiger partial charge < -0.3 is 10.5 Å². The molecule has 3 heteroatoms. The van der Waals surface area contributed by atoms with Crippen LogP contribution >= 0.6 is 15.9 Å². The van der Waals surface area contributed by atoms with E-state index in [4.69, 9.17) is 10.5 Å². The van der Waals surface area contributed by atoms with Crippen molar-refractivity contribution in [2.24, 2.45) is 5.73 Å². The molecule has 0 aliphatic heterocycles. The van der Waals surface area contributed by atoms with Crippen molar-refractivity contribution < 1.29 is 4.74 Å². The van der Waals surface area contributed by atoms with E-state index in [1.54, 1.807) is 6.08 Å². The summed E-state index contributed by atoms with van der Waals surface area (Å²) in [4.78, 5) is 0. The fourth-order valence-corrected chi connectivity index (χ4v) is 1.71. The van der Waals surface area contributed by atoms with Gasteiger partial charge in [0.25, 0.3) is 0 Å². The molecule has 1 atom stereocenters. The van der Waals surface area contributed by atoms with Gasteiger partial charge in [0, 0.05) is 10.5 Å². The Balaban J connectivity index is 2.79. The molecule has 2 nitrogen and oxygen atoms in total. The number of benzene rings is 1. The summed E-state index contributed by atoms with van der Waals surface area (Å²) < 4.78 is 6.53. The van der Waals surface area contributed by atoms with E-state index in [1.807, 2.05) is 25.1 Å². The molecule has 1 rings (SSSR count). The van der Waals surface area contributed by atoms with E-state index in [-0.39, 0.29) is 6.04 Å². The highest BCUT2D eigenvalue weighted by molar-refractivity contribution is 9.10. The zero-order valence-corrected chi connectivity index (χ0v) is 10.5. The molecular weight excluding hydrogens is 254 g/mol. The molecule has 0 fully saturated rings. The number of hydrogen-bond acceptors (Lipinski definition) is 2. The zero-order chi connectivity index (χ0) is 11.3. The number of halogens is 1. The molecule has 0 amide bonds. The third-order valence-corrected chi connectivity index (χ3v) is 2.70. The van der Waals surface area contributed by atoms with Crippen molar-refractivity contribution in [1.29, 1.82) is 0 Å². The van der Waals surface area contributed by atoms with Crippen LogP contribution < -0.4 is 10.5 Å². The van der Waals surface area contributed by atoms with Gasteiger partial charge in [0.2, 0.25) is 0 Å². The summed E-state index contributed by atoms with van der Waals surface area (Å²) in [5, 5.41) is 0. The fraction of sp³-hybridized carbons (Fsp3) is 0.333. The van der Waals surface area contributed by atoms with Crippen LogP contribution in [0, 0.1) is 0 Å². The molecule has 0 aromatic heterocycles. The van der Waals surface area contributed by atoms with Crippen molar-refractivity contribution in [2.75, 3.05) is 6.61 Å². The van der Waals surface area contributed by atoms with E-state index < -0.39 is 0 Å². The van der Waals surface area contributed by atoms with Crippen molar-refractivity contribution in [3.63, 3.8) is 0 Å². The summed E-state index contributed by atoms with van der Waals surface area (Å²) in [6.07, 6.45) is 2.57. The molecule has 0 radical (unpaired) electrons. The molecule has 1 aromatic carbocycles. The van der Waals surface area contributed by atoms with Gasteiger partial charge in [-0.1, -0.05) is 28.6 Å². The second-order valence-corrected chi connectivity index (χ2v) is 4.39. The molecule has 1 unspecified atom stereocenters. The van der Waals surface area contributed by atoms with Gasteiger partial charge in [-0.3, -0.25) is 0 Å².